The number of carbonyl (C=O) groups is 1. The van der Waals surface area contributed by atoms with Gasteiger partial charge in [0.25, 0.3) is 0 Å². The van der Waals surface area contributed by atoms with Crippen molar-refractivity contribution in [2.45, 2.75) is 63.7 Å². The number of urea groups is 1. The molecule has 2 amide bonds. The molecule has 0 saturated heterocycles. The topological polar surface area (TPSA) is 61.4 Å². The van der Waals surface area contributed by atoms with Gasteiger partial charge in [0.05, 0.1) is 0 Å². The van der Waals surface area contributed by atoms with E-state index in [0.717, 1.165) is 0 Å². The molecule has 23 heavy (non-hydrogen) atoms. The van der Waals surface area contributed by atoms with Crippen LogP contribution in [0.3, 0.4) is 0 Å². The summed E-state index contributed by atoms with van der Waals surface area (Å²) in [5.41, 5.74) is 0. The first-order chi connectivity index (χ1) is 10.7. The summed E-state index contributed by atoms with van der Waals surface area (Å²) in [4.78, 5) is 14.2. The van der Waals surface area contributed by atoms with Gasteiger partial charge in [-0.3, -0.25) is 4.21 Å². The number of carbonyl (C=O) groups excluding carboxylic acids is 1. The molecular formula is C17H35N3O2S. The maximum absolute atomic E-state index is 11.9. The zero-order valence-electron chi connectivity index (χ0n) is 15.5. The molecule has 0 heterocycles. The fraction of sp³-hybridized carbons (Fsp3) is 0.941. The minimum Gasteiger partial charge on any atom is -0.337 e. The highest BCUT2D eigenvalue weighted by atomic mass is 32.2. The Balaban J connectivity index is 2.31. The van der Waals surface area contributed by atoms with Crippen molar-refractivity contribution in [3.05, 3.63) is 0 Å². The number of nitrogens with one attached hydrogen (secondary N) is 2. The van der Waals surface area contributed by atoms with Crippen molar-refractivity contribution >= 4 is 16.8 Å². The van der Waals surface area contributed by atoms with E-state index in [4.69, 9.17) is 0 Å². The van der Waals surface area contributed by atoms with Gasteiger partial charge < -0.3 is 15.5 Å². The molecule has 6 heteroatoms. The number of amides is 2. The van der Waals surface area contributed by atoms with E-state index in [2.05, 4.69) is 29.6 Å². The standard InChI is InChI=1S/C17H35N3O2S/c1-17(2,3)23(22)12-11-18-16(21)19-13-15(20(4)5)14-9-7-6-8-10-14/h14-15H,6-13H2,1-5H3,(H2,18,19,21)/t15-,23-/m1/s1. The van der Waals surface area contributed by atoms with Gasteiger partial charge in [-0.25, -0.2) is 4.79 Å². The van der Waals surface area contributed by atoms with Crippen LogP contribution in [0, 0.1) is 5.92 Å². The van der Waals surface area contributed by atoms with E-state index >= 15 is 0 Å². The molecule has 2 atom stereocenters. The minimum atomic E-state index is -0.928. The van der Waals surface area contributed by atoms with Crippen LogP contribution in [0.25, 0.3) is 0 Å². The molecule has 0 spiro atoms. The minimum absolute atomic E-state index is 0.154. The van der Waals surface area contributed by atoms with Crippen LogP contribution >= 0.6 is 0 Å². The van der Waals surface area contributed by atoms with E-state index < -0.39 is 10.8 Å². The number of rotatable bonds is 7. The van der Waals surface area contributed by atoms with Crippen molar-refractivity contribution in [3.8, 4) is 0 Å². The van der Waals surface area contributed by atoms with Crippen molar-refractivity contribution in [1.82, 2.24) is 15.5 Å². The monoisotopic (exact) mass is 345 g/mol. The summed E-state index contributed by atoms with van der Waals surface area (Å²) in [7, 11) is 3.25. The van der Waals surface area contributed by atoms with Crippen LogP contribution < -0.4 is 10.6 Å². The van der Waals surface area contributed by atoms with Crippen LogP contribution in [-0.4, -0.2) is 58.9 Å². The van der Waals surface area contributed by atoms with E-state index in [1.165, 1.54) is 32.1 Å². The molecule has 0 aromatic carbocycles. The molecule has 2 N–H and O–H groups in total. The Kier molecular flexibility index (Phi) is 8.54. The van der Waals surface area contributed by atoms with Crippen LogP contribution in [0.2, 0.25) is 0 Å². The van der Waals surface area contributed by atoms with Crippen LogP contribution in [-0.2, 0) is 10.8 Å². The highest BCUT2D eigenvalue weighted by Gasteiger charge is 2.25. The SMILES string of the molecule is CN(C)[C@H](CNC(=O)NCC[S@@](=O)C(C)(C)C)C1CCCCC1. The molecular weight excluding hydrogens is 310 g/mol. The molecule has 0 bridgehead atoms. The van der Waals surface area contributed by atoms with E-state index in [-0.39, 0.29) is 10.8 Å². The Morgan fingerprint density at radius 2 is 1.78 bits per heavy atom. The molecule has 1 aliphatic rings. The third kappa shape index (κ3) is 7.66. The quantitative estimate of drug-likeness (QED) is 0.744. The van der Waals surface area contributed by atoms with E-state index in [1.54, 1.807) is 0 Å². The molecule has 136 valence electrons. The lowest BCUT2D eigenvalue weighted by molar-refractivity contribution is 0.166. The number of hydrogen-bond acceptors (Lipinski definition) is 3. The molecule has 0 aromatic heterocycles. The second-order valence-corrected chi connectivity index (χ2v) is 10.1. The summed E-state index contributed by atoms with van der Waals surface area (Å²) in [6.07, 6.45) is 6.47. The normalized spacial score (nSPS) is 19.4. The van der Waals surface area contributed by atoms with E-state index in [1.807, 2.05) is 20.8 Å². The Morgan fingerprint density at radius 3 is 2.30 bits per heavy atom. The summed E-state index contributed by atoms with van der Waals surface area (Å²) in [6, 6.07) is 0.239. The van der Waals surface area contributed by atoms with E-state index in [9.17, 15) is 9.00 Å². The van der Waals surface area contributed by atoms with Gasteiger partial charge in [0.15, 0.2) is 0 Å². The van der Waals surface area contributed by atoms with Gasteiger partial charge in [-0.05, 0) is 53.6 Å². The van der Waals surface area contributed by atoms with Crippen LogP contribution in [0.15, 0.2) is 0 Å². The molecule has 1 aliphatic carbocycles. The zero-order chi connectivity index (χ0) is 17.5. The van der Waals surface area contributed by atoms with Gasteiger partial charge in [0, 0.05) is 40.4 Å². The second kappa shape index (κ2) is 9.62. The first-order valence-electron chi connectivity index (χ1n) is 8.78. The predicted octanol–water partition coefficient (Wildman–Crippen LogP) is 2.34. The summed E-state index contributed by atoms with van der Waals surface area (Å²) in [6.45, 7) is 6.98. The van der Waals surface area contributed by atoms with Gasteiger partial charge in [-0.1, -0.05) is 19.3 Å². The van der Waals surface area contributed by atoms with Crippen molar-refractivity contribution in [3.63, 3.8) is 0 Å². The van der Waals surface area contributed by atoms with Crippen molar-refractivity contribution in [2.24, 2.45) is 5.92 Å². The van der Waals surface area contributed by atoms with Gasteiger partial charge in [0.1, 0.15) is 0 Å². The van der Waals surface area contributed by atoms with Crippen molar-refractivity contribution < 1.29 is 9.00 Å². The lowest BCUT2D eigenvalue weighted by Crippen LogP contribution is -2.48. The summed E-state index contributed by atoms with van der Waals surface area (Å²) in [5, 5.41) is 5.80. The second-order valence-electron chi connectivity index (χ2n) is 7.73. The molecule has 0 aromatic rings. The summed E-state index contributed by atoms with van der Waals surface area (Å²) in [5.74, 6) is 1.17. The highest BCUT2D eigenvalue weighted by Crippen LogP contribution is 2.27. The largest absolute Gasteiger partial charge is 0.337 e. The Labute approximate surface area is 144 Å². The molecule has 0 unspecified atom stereocenters. The lowest BCUT2D eigenvalue weighted by Gasteiger charge is -2.35. The molecule has 1 rings (SSSR count). The fourth-order valence-corrected chi connectivity index (χ4v) is 4.01. The zero-order valence-corrected chi connectivity index (χ0v) is 16.3. The molecule has 1 saturated carbocycles. The van der Waals surface area contributed by atoms with Crippen molar-refractivity contribution in [1.29, 1.82) is 0 Å². The van der Waals surface area contributed by atoms with Gasteiger partial charge in [-0.15, -0.1) is 0 Å². The maximum atomic E-state index is 11.9. The Morgan fingerprint density at radius 1 is 1.17 bits per heavy atom. The summed E-state index contributed by atoms with van der Waals surface area (Å²) < 4.78 is 11.7. The predicted molar refractivity (Wildman–Crippen MR) is 98.2 cm³/mol. The molecule has 5 nitrogen and oxygen atoms in total. The average Bonchev–Trinajstić information content (AvgIpc) is 2.47. The Bertz CT molecular complexity index is 388. The first-order valence-corrected chi connectivity index (χ1v) is 10.1. The fourth-order valence-electron chi connectivity index (χ4n) is 3.11. The Hall–Kier alpha value is -0.620. The summed E-state index contributed by atoms with van der Waals surface area (Å²) >= 11 is 0. The van der Waals surface area contributed by atoms with E-state index in [0.29, 0.717) is 30.8 Å². The van der Waals surface area contributed by atoms with Gasteiger partial charge in [0.2, 0.25) is 0 Å². The first kappa shape index (κ1) is 20.4. The highest BCUT2D eigenvalue weighted by molar-refractivity contribution is 7.86. The lowest BCUT2D eigenvalue weighted by atomic mass is 9.83. The number of nitrogens with zero attached hydrogens (tertiary/aromatic N) is 1. The third-order valence-corrected chi connectivity index (χ3v) is 6.53. The molecule has 0 radical (unpaired) electrons. The smallest absolute Gasteiger partial charge is 0.314 e. The van der Waals surface area contributed by atoms with Crippen molar-refractivity contribution in [2.75, 3.05) is 32.9 Å². The van der Waals surface area contributed by atoms with Gasteiger partial charge in [-0.2, -0.15) is 0 Å². The third-order valence-electron chi connectivity index (χ3n) is 4.59. The van der Waals surface area contributed by atoms with Crippen LogP contribution in [0.1, 0.15) is 52.9 Å². The van der Waals surface area contributed by atoms with Gasteiger partial charge >= 0.3 is 6.03 Å². The maximum Gasteiger partial charge on any atom is 0.314 e. The molecule has 1 fully saturated rings. The van der Waals surface area contributed by atoms with Crippen LogP contribution in [0.5, 0.6) is 0 Å². The number of likely N-dealkylation sites (N-methyl/N-ethyl adjacent to an activating group) is 1. The average molecular weight is 346 g/mol. The van der Waals surface area contributed by atoms with Crippen LogP contribution in [0.4, 0.5) is 4.79 Å². The molecule has 0 aliphatic heterocycles. The number of hydrogen-bond donors (Lipinski definition) is 2.